The van der Waals surface area contributed by atoms with Crippen molar-refractivity contribution in [1.82, 2.24) is 10.2 Å². The number of nitrogens with zero attached hydrogens (tertiary/aromatic N) is 3. The Hall–Kier alpha value is -3.03. The zero-order valence-corrected chi connectivity index (χ0v) is 15.2. The number of carbonyl (C=O) groups excluding carboxylic acids is 1. The highest BCUT2D eigenvalue weighted by Gasteiger charge is 2.44. The number of hydrogen-bond acceptors (Lipinski definition) is 6. The van der Waals surface area contributed by atoms with Gasteiger partial charge in [-0.3, -0.25) is 14.5 Å². The number of aromatic nitrogens is 2. The number of halogens is 1. The van der Waals surface area contributed by atoms with Gasteiger partial charge in [-0.15, -0.1) is 10.2 Å². The van der Waals surface area contributed by atoms with Crippen LogP contribution in [0.5, 0.6) is 0 Å². The van der Waals surface area contributed by atoms with Gasteiger partial charge in [-0.25, -0.2) is 0 Å². The summed E-state index contributed by atoms with van der Waals surface area (Å²) >= 11 is 7.23. The fourth-order valence-electron chi connectivity index (χ4n) is 3.35. The van der Waals surface area contributed by atoms with Crippen molar-refractivity contribution < 1.29 is 9.21 Å². The Morgan fingerprint density at radius 3 is 2.59 bits per heavy atom. The van der Waals surface area contributed by atoms with E-state index in [0.717, 1.165) is 5.56 Å². The van der Waals surface area contributed by atoms with Crippen LogP contribution in [0.1, 0.15) is 27.7 Å². The molecule has 2 aromatic heterocycles. The summed E-state index contributed by atoms with van der Waals surface area (Å²) in [7, 11) is 0. The fraction of sp³-hybridized carbons (Fsp3) is 0.0526. The van der Waals surface area contributed by atoms with Crippen molar-refractivity contribution in [3.63, 3.8) is 0 Å². The Kier molecular flexibility index (Phi) is 3.60. The molecule has 0 aliphatic carbocycles. The number of carbonyl (C=O) groups is 1. The first-order chi connectivity index (χ1) is 13.1. The molecule has 1 aliphatic heterocycles. The Morgan fingerprint density at radius 1 is 1.07 bits per heavy atom. The summed E-state index contributed by atoms with van der Waals surface area (Å²) in [4.78, 5) is 27.8. The molecule has 27 heavy (non-hydrogen) atoms. The molecule has 0 unspecified atom stereocenters. The molecule has 1 atom stereocenters. The van der Waals surface area contributed by atoms with Crippen LogP contribution < -0.4 is 10.3 Å². The van der Waals surface area contributed by atoms with Crippen molar-refractivity contribution in [2.45, 2.75) is 6.04 Å². The highest BCUT2D eigenvalue weighted by molar-refractivity contribution is 7.13. The average Bonchev–Trinajstić information content (AvgIpc) is 3.30. The summed E-state index contributed by atoms with van der Waals surface area (Å²) < 4.78 is 5.84. The minimum absolute atomic E-state index is 0.0360. The monoisotopic (exact) mass is 395 g/mol. The molecule has 4 aromatic rings. The average molecular weight is 396 g/mol. The van der Waals surface area contributed by atoms with Crippen molar-refractivity contribution in [2.75, 3.05) is 4.90 Å². The Morgan fingerprint density at radius 2 is 1.85 bits per heavy atom. The summed E-state index contributed by atoms with van der Waals surface area (Å²) in [5, 5.41) is 9.25. The van der Waals surface area contributed by atoms with Crippen LogP contribution in [0.15, 0.2) is 63.3 Å². The second kappa shape index (κ2) is 6.00. The molecule has 0 radical (unpaired) electrons. The molecule has 2 aromatic carbocycles. The number of amides is 1. The van der Waals surface area contributed by atoms with Gasteiger partial charge in [0.1, 0.15) is 11.1 Å². The van der Waals surface area contributed by atoms with Gasteiger partial charge in [0.25, 0.3) is 5.91 Å². The molecule has 8 heteroatoms. The molecule has 0 fully saturated rings. The molecule has 0 saturated heterocycles. The van der Waals surface area contributed by atoms with E-state index in [4.69, 9.17) is 16.0 Å². The van der Waals surface area contributed by atoms with E-state index in [1.54, 1.807) is 48.5 Å². The molecule has 3 heterocycles. The van der Waals surface area contributed by atoms with E-state index < -0.39 is 11.9 Å². The lowest BCUT2D eigenvalue weighted by Crippen LogP contribution is -2.29. The van der Waals surface area contributed by atoms with Crippen LogP contribution in [-0.2, 0) is 0 Å². The summed E-state index contributed by atoms with van der Waals surface area (Å²) in [5.74, 6) is -0.376. The molecule has 1 amide bonds. The first-order valence-electron chi connectivity index (χ1n) is 8.06. The zero-order chi connectivity index (χ0) is 18.5. The van der Waals surface area contributed by atoms with Gasteiger partial charge in [-0.05, 0) is 29.8 Å². The van der Waals surface area contributed by atoms with E-state index in [1.165, 1.54) is 21.7 Å². The summed E-state index contributed by atoms with van der Waals surface area (Å²) in [5.41, 5.74) is 2.73. The van der Waals surface area contributed by atoms with Crippen LogP contribution in [-0.4, -0.2) is 16.1 Å². The highest BCUT2D eigenvalue weighted by atomic mass is 35.5. The van der Waals surface area contributed by atoms with Gasteiger partial charge in [0.05, 0.1) is 17.0 Å². The first-order valence-corrected chi connectivity index (χ1v) is 9.32. The van der Waals surface area contributed by atoms with E-state index in [0.29, 0.717) is 26.7 Å². The van der Waals surface area contributed by atoms with Crippen molar-refractivity contribution in [1.29, 1.82) is 0 Å². The second-order valence-corrected chi connectivity index (χ2v) is 7.27. The van der Waals surface area contributed by atoms with Crippen molar-refractivity contribution in [3.8, 4) is 0 Å². The summed E-state index contributed by atoms with van der Waals surface area (Å²) in [6.45, 7) is 0. The zero-order valence-electron chi connectivity index (χ0n) is 13.6. The quantitative estimate of drug-likeness (QED) is 0.511. The van der Waals surface area contributed by atoms with E-state index >= 15 is 0 Å². The van der Waals surface area contributed by atoms with Crippen molar-refractivity contribution >= 4 is 44.9 Å². The first kappa shape index (κ1) is 16.2. The van der Waals surface area contributed by atoms with Gasteiger partial charge in [-0.1, -0.05) is 47.2 Å². The fourth-order valence-corrected chi connectivity index (χ4v) is 4.06. The molecule has 6 nitrogen and oxygen atoms in total. The van der Waals surface area contributed by atoms with Crippen LogP contribution >= 0.6 is 22.9 Å². The number of fused-ring (bicyclic) bond motifs is 2. The van der Waals surface area contributed by atoms with Crippen LogP contribution in [0.4, 0.5) is 5.13 Å². The van der Waals surface area contributed by atoms with E-state index in [-0.39, 0.29) is 11.2 Å². The summed E-state index contributed by atoms with van der Waals surface area (Å²) in [6.07, 6.45) is 0. The highest BCUT2D eigenvalue weighted by Crippen LogP contribution is 2.41. The number of para-hydroxylation sites is 1. The minimum atomic E-state index is -0.654. The lowest BCUT2D eigenvalue weighted by molar-refractivity contribution is 0.0970. The third-order valence-electron chi connectivity index (χ3n) is 4.52. The van der Waals surface area contributed by atoms with Crippen molar-refractivity contribution in [3.05, 3.63) is 86.2 Å². The smallest absolute Gasteiger partial charge is 0.297 e. The van der Waals surface area contributed by atoms with Gasteiger partial charge in [0, 0.05) is 5.02 Å². The van der Waals surface area contributed by atoms with Crippen LogP contribution in [0.25, 0.3) is 11.0 Å². The predicted octanol–water partition coefficient (Wildman–Crippen LogP) is 4.05. The largest absolute Gasteiger partial charge is 0.450 e. The number of hydrogen-bond donors (Lipinski definition) is 0. The molecule has 0 saturated carbocycles. The normalized spacial score (nSPS) is 16.1. The molecular weight excluding hydrogens is 386 g/mol. The van der Waals surface area contributed by atoms with Gasteiger partial charge in [0.2, 0.25) is 10.9 Å². The van der Waals surface area contributed by atoms with Gasteiger partial charge >= 0.3 is 0 Å². The molecule has 0 bridgehead atoms. The maximum atomic E-state index is 13.2. The second-order valence-electron chi connectivity index (χ2n) is 6.02. The predicted molar refractivity (Wildman–Crippen MR) is 102 cm³/mol. The number of rotatable bonds is 2. The Labute approximate surface area is 161 Å². The maximum absolute atomic E-state index is 13.2. The van der Waals surface area contributed by atoms with Crippen LogP contribution in [0.2, 0.25) is 5.02 Å². The maximum Gasteiger partial charge on any atom is 0.297 e. The van der Waals surface area contributed by atoms with E-state index in [2.05, 4.69) is 10.2 Å². The van der Waals surface area contributed by atoms with Gasteiger partial charge < -0.3 is 4.42 Å². The van der Waals surface area contributed by atoms with Gasteiger partial charge in [0.15, 0.2) is 5.43 Å². The van der Waals surface area contributed by atoms with E-state index in [1.807, 2.05) is 0 Å². The van der Waals surface area contributed by atoms with Crippen LogP contribution in [0.3, 0.4) is 0 Å². The Bertz CT molecular complexity index is 1240. The molecular formula is C19H10ClN3O3S. The van der Waals surface area contributed by atoms with Crippen molar-refractivity contribution in [2.24, 2.45) is 0 Å². The summed E-state index contributed by atoms with van der Waals surface area (Å²) in [6, 6.07) is 13.3. The number of benzene rings is 2. The Balaban J connectivity index is 1.83. The standard InChI is InChI=1S/C19H10ClN3O3S/c20-11-7-5-10(6-8-11)15-14-16(24)12-3-1-2-4-13(12)26-17(14)18(25)23(15)19-22-21-9-27-19/h1-9,15H/t15-/m0/s1. The van der Waals surface area contributed by atoms with Gasteiger partial charge in [-0.2, -0.15) is 0 Å². The third kappa shape index (κ3) is 2.39. The molecule has 5 rings (SSSR count). The molecule has 0 spiro atoms. The number of anilines is 1. The van der Waals surface area contributed by atoms with E-state index in [9.17, 15) is 9.59 Å². The molecule has 0 N–H and O–H groups in total. The lowest BCUT2D eigenvalue weighted by atomic mass is 9.99. The SMILES string of the molecule is O=C1c2oc3ccccc3c(=O)c2[C@H](c2ccc(Cl)cc2)N1c1nncs1. The lowest BCUT2D eigenvalue weighted by Gasteiger charge is -2.22. The topological polar surface area (TPSA) is 76.3 Å². The molecule has 132 valence electrons. The third-order valence-corrected chi connectivity index (χ3v) is 5.46. The van der Waals surface area contributed by atoms with Crippen LogP contribution in [0, 0.1) is 0 Å². The minimum Gasteiger partial charge on any atom is -0.450 e. The molecule has 1 aliphatic rings.